The fourth-order valence-electron chi connectivity index (χ4n) is 2.03. The second-order valence-corrected chi connectivity index (χ2v) is 4.36. The van der Waals surface area contributed by atoms with Crippen LogP contribution < -0.4 is 11.1 Å². The van der Waals surface area contributed by atoms with E-state index in [1.54, 1.807) is 6.92 Å². The van der Waals surface area contributed by atoms with Gasteiger partial charge in [-0.25, -0.2) is 4.79 Å². The molecule has 7 nitrogen and oxygen atoms in total. The van der Waals surface area contributed by atoms with Crippen LogP contribution in [0.1, 0.15) is 26.2 Å². The summed E-state index contributed by atoms with van der Waals surface area (Å²) in [6.45, 7) is 2.53. The van der Waals surface area contributed by atoms with Gasteiger partial charge in [-0.3, -0.25) is 9.59 Å². The van der Waals surface area contributed by atoms with Gasteiger partial charge >= 0.3 is 5.97 Å². The molecule has 1 saturated heterocycles. The van der Waals surface area contributed by atoms with Crippen molar-refractivity contribution in [3.63, 3.8) is 0 Å². The molecule has 2 amide bonds. The summed E-state index contributed by atoms with van der Waals surface area (Å²) in [5.74, 6) is -1.56. The highest BCUT2D eigenvalue weighted by molar-refractivity contribution is 5.86. The molecule has 7 heteroatoms. The number of aliphatic carboxylic acids is 1. The Bertz CT molecular complexity index is 345. The Hall–Kier alpha value is -1.63. The summed E-state index contributed by atoms with van der Waals surface area (Å²) >= 11 is 0. The number of hydrogen-bond acceptors (Lipinski definition) is 4. The first-order valence-corrected chi connectivity index (χ1v) is 6.00. The Morgan fingerprint density at radius 1 is 1.61 bits per heavy atom. The summed E-state index contributed by atoms with van der Waals surface area (Å²) in [5, 5.41) is 11.7. The third-order valence-electron chi connectivity index (χ3n) is 2.87. The summed E-state index contributed by atoms with van der Waals surface area (Å²) in [7, 11) is 0. The molecule has 1 aliphatic rings. The lowest BCUT2D eigenvalue weighted by Crippen LogP contribution is -2.43. The number of nitrogens with one attached hydrogen (secondary N) is 1. The predicted molar refractivity (Wildman–Crippen MR) is 63.6 cm³/mol. The largest absolute Gasteiger partial charge is 0.480 e. The van der Waals surface area contributed by atoms with Gasteiger partial charge in [-0.2, -0.15) is 0 Å². The molecule has 1 fully saturated rings. The fourth-order valence-corrected chi connectivity index (χ4v) is 2.03. The van der Waals surface area contributed by atoms with Gasteiger partial charge in [0.05, 0.1) is 0 Å². The number of nitrogens with two attached hydrogens (primary N) is 1. The van der Waals surface area contributed by atoms with E-state index in [9.17, 15) is 14.4 Å². The summed E-state index contributed by atoms with van der Waals surface area (Å²) in [5.41, 5.74) is 5.62. The number of hydrogen-bond donors (Lipinski definition) is 3. The first-order valence-electron chi connectivity index (χ1n) is 6.00. The van der Waals surface area contributed by atoms with Crippen LogP contribution in [-0.4, -0.2) is 53.0 Å². The zero-order chi connectivity index (χ0) is 13.7. The molecular weight excluding hydrogens is 238 g/mol. The Morgan fingerprint density at radius 3 is 2.72 bits per heavy atom. The molecule has 0 aromatic rings. The maximum atomic E-state index is 11.6. The molecule has 18 heavy (non-hydrogen) atoms. The predicted octanol–water partition coefficient (Wildman–Crippen LogP) is -1.08. The van der Waals surface area contributed by atoms with Gasteiger partial charge in [0.2, 0.25) is 11.8 Å². The molecular formula is C11H19N3O4. The summed E-state index contributed by atoms with van der Waals surface area (Å²) < 4.78 is 0. The van der Waals surface area contributed by atoms with Gasteiger partial charge in [-0.05, 0) is 13.3 Å². The lowest BCUT2D eigenvalue weighted by atomic mass is 10.1. The van der Waals surface area contributed by atoms with E-state index in [-0.39, 0.29) is 43.7 Å². The topological polar surface area (TPSA) is 113 Å². The first kappa shape index (κ1) is 14.4. The number of carboxylic acids is 1. The van der Waals surface area contributed by atoms with E-state index in [0.717, 1.165) is 0 Å². The average Bonchev–Trinajstić information content (AvgIpc) is 2.58. The quantitative estimate of drug-likeness (QED) is 0.560. The maximum Gasteiger partial charge on any atom is 0.326 e. The zero-order valence-electron chi connectivity index (χ0n) is 10.4. The molecule has 4 N–H and O–H groups in total. The summed E-state index contributed by atoms with van der Waals surface area (Å²) in [4.78, 5) is 35.3. The lowest BCUT2D eigenvalue weighted by Gasteiger charge is -2.24. The van der Waals surface area contributed by atoms with Crippen LogP contribution in [0.5, 0.6) is 0 Å². The van der Waals surface area contributed by atoms with E-state index in [2.05, 4.69) is 5.32 Å². The SMILES string of the molecule is CCNC(=O)CC[C@@H](C(=O)O)N1CC(N)CC1=O. The van der Waals surface area contributed by atoms with Crippen LogP contribution in [-0.2, 0) is 14.4 Å². The van der Waals surface area contributed by atoms with Crippen LogP contribution in [0.15, 0.2) is 0 Å². The minimum absolute atomic E-state index is 0.0871. The zero-order valence-corrected chi connectivity index (χ0v) is 10.4. The van der Waals surface area contributed by atoms with Crippen LogP contribution in [0.4, 0.5) is 0 Å². The van der Waals surface area contributed by atoms with Crippen LogP contribution >= 0.6 is 0 Å². The van der Waals surface area contributed by atoms with Crippen molar-refractivity contribution in [3.05, 3.63) is 0 Å². The van der Waals surface area contributed by atoms with E-state index in [1.165, 1.54) is 4.90 Å². The van der Waals surface area contributed by atoms with Crippen molar-refractivity contribution in [2.75, 3.05) is 13.1 Å². The van der Waals surface area contributed by atoms with Crippen molar-refractivity contribution in [2.24, 2.45) is 5.73 Å². The standard InChI is InChI=1S/C11H19N3O4/c1-2-13-9(15)4-3-8(11(17)18)14-6-7(12)5-10(14)16/h7-8H,2-6,12H2,1H3,(H,13,15)(H,17,18)/t7?,8-/m0/s1. The van der Waals surface area contributed by atoms with E-state index in [0.29, 0.717) is 6.54 Å². The Balaban J connectivity index is 2.58. The van der Waals surface area contributed by atoms with Crippen LogP contribution in [0.2, 0.25) is 0 Å². The number of likely N-dealkylation sites (tertiary alicyclic amines) is 1. The van der Waals surface area contributed by atoms with Crippen molar-refractivity contribution in [2.45, 2.75) is 38.3 Å². The van der Waals surface area contributed by atoms with Gasteiger partial charge in [-0.15, -0.1) is 0 Å². The summed E-state index contributed by atoms with van der Waals surface area (Å²) in [6.07, 6.45) is 0.369. The van der Waals surface area contributed by atoms with Crippen LogP contribution in [0.25, 0.3) is 0 Å². The minimum atomic E-state index is -1.10. The van der Waals surface area contributed by atoms with E-state index < -0.39 is 12.0 Å². The smallest absolute Gasteiger partial charge is 0.326 e. The maximum absolute atomic E-state index is 11.6. The second kappa shape index (κ2) is 6.34. The van der Waals surface area contributed by atoms with E-state index in [4.69, 9.17) is 10.8 Å². The highest BCUT2D eigenvalue weighted by atomic mass is 16.4. The summed E-state index contributed by atoms with van der Waals surface area (Å²) in [6, 6.07) is -1.28. The molecule has 1 heterocycles. The van der Waals surface area contributed by atoms with Crippen LogP contribution in [0.3, 0.4) is 0 Å². The highest BCUT2D eigenvalue weighted by Gasteiger charge is 2.36. The molecule has 0 bridgehead atoms. The van der Waals surface area contributed by atoms with Gasteiger partial charge in [0.1, 0.15) is 6.04 Å². The molecule has 2 atom stereocenters. The molecule has 0 radical (unpaired) electrons. The minimum Gasteiger partial charge on any atom is -0.480 e. The Kier molecular flexibility index (Phi) is 5.08. The number of nitrogens with zero attached hydrogens (tertiary/aromatic N) is 1. The molecule has 0 spiro atoms. The normalized spacial score (nSPS) is 20.9. The number of carbonyl (C=O) groups excluding carboxylic acids is 2. The van der Waals surface area contributed by atoms with E-state index >= 15 is 0 Å². The molecule has 0 aromatic heterocycles. The highest BCUT2D eigenvalue weighted by Crippen LogP contribution is 2.16. The fraction of sp³-hybridized carbons (Fsp3) is 0.727. The van der Waals surface area contributed by atoms with Crippen molar-refractivity contribution >= 4 is 17.8 Å². The monoisotopic (exact) mass is 257 g/mol. The Labute approximate surface area is 105 Å². The molecule has 0 saturated carbocycles. The molecule has 1 rings (SSSR count). The number of amides is 2. The van der Waals surface area contributed by atoms with Gasteiger partial charge < -0.3 is 21.1 Å². The Morgan fingerprint density at radius 2 is 2.28 bits per heavy atom. The second-order valence-electron chi connectivity index (χ2n) is 4.36. The third-order valence-corrected chi connectivity index (χ3v) is 2.87. The van der Waals surface area contributed by atoms with E-state index in [1.807, 2.05) is 0 Å². The molecule has 1 aliphatic heterocycles. The first-order chi connectivity index (χ1) is 8.45. The van der Waals surface area contributed by atoms with Crippen molar-refractivity contribution in [3.8, 4) is 0 Å². The lowest BCUT2D eigenvalue weighted by molar-refractivity contribution is -0.148. The van der Waals surface area contributed by atoms with Crippen molar-refractivity contribution < 1.29 is 19.5 Å². The third kappa shape index (κ3) is 3.69. The van der Waals surface area contributed by atoms with Gasteiger partial charge in [0, 0.05) is 32.0 Å². The van der Waals surface area contributed by atoms with Gasteiger partial charge in [-0.1, -0.05) is 0 Å². The number of rotatable bonds is 6. The van der Waals surface area contributed by atoms with Crippen molar-refractivity contribution in [1.82, 2.24) is 10.2 Å². The average molecular weight is 257 g/mol. The van der Waals surface area contributed by atoms with Gasteiger partial charge in [0.15, 0.2) is 0 Å². The molecule has 102 valence electrons. The number of carboxylic acid groups (broad SMARTS) is 1. The van der Waals surface area contributed by atoms with Crippen LogP contribution in [0, 0.1) is 0 Å². The number of carbonyl (C=O) groups is 3. The van der Waals surface area contributed by atoms with Crippen molar-refractivity contribution in [1.29, 1.82) is 0 Å². The molecule has 0 aromatic carbocycles. The molecule has 1 unspecified atom stereocenters. The molecule has 0 aliphatic carbocycles. The van der Waals surface area contributed by atoms with Gasteiger partial charge in [0.25, 0.3) is 0 Å².